The Morgan fingerprint density at radius 1 is 1.35 bits per heavy atom. The number of nitrogens with zero attached hydrogens (tertiary/aromatic N) is 1. The number of hydrogen-bond donors (Lipinski definition) is 1. The third kappa shape index (κ3) is 2.14. The van der Waals surface area contributed by atoms with Gasteiger partial charge in [0.15, 0.2) is 0 Å². The van der Waals surface area contributed by atoms with Gasteiger partial charge in [-0.15, -0.1) is 0 Å². The maximum atomic E-state index is 3.62. The molecule has 0 bridgehead atoms. The Labute approximate surface area is 110 Å². The first-order chi connectivity index (χ1) is 8.24. The summed E-state index contributed by atoms with van der Waals surface area (Å²) in [6, 6.07) is 9.49. The van der Waals surface area contributed by atoms with E-state index in [4.69, 9.17) is 0 Å². The highest BCUT2D eigenvalue weighted by Crippen LogP contribution is 2.24. The Bertz CT molecular complexity index is 540. The van der Waals surface area contributed by atoms with Crippen LogP contribution in [0.4, 0.5) is 0 Å². The van der Waals surface area contributed by atoms with E-state index in [-0.39, 0.29) is 0 Å². The minimum atomic E-state index is 0.750. The Hall–Kier alpha value is -0.800. The van der Waals surface area contributed by atoms with Crippen LogP contribution in [0.2, 0.25) is 0 Å². The zero-order valence-corrected chi connectivity index (χ0v) is 11.6. The molecule has 0 spiro atoms. The van der Waals surface area contributed by atoms with Gasteiger partial charge in [-0.2, -0.15) is 0 Å². The van der Waals surface area contributed by atoms with Crippen molar-refractivity contribution in [2.75, 3.05) is 0 Å². The van der Waals surface area contributed by atoms with Crippen LogP contribution in [0.15, 0.2) is 28.7 Å². The molecule has 2 nitrogen and oxygen atoms in total. The van der Waals surface area contributed by atoms with Gasteiger partial charge in [0.1, 0.15) is 0 Å². The summed E-state index contributed by atoms with van der Waals surface area (Å²) in [6.07, 6.45) is 4.07. The second-order valence-electron chi connectivity index (χ2n) is 4.91. The molecule has 1 fully saturated rings. The molecule has 90 valence electrons. The third-order valence-electron chi connectivity index (χ3n) is 3.78. The predicted molar refractivity (Wildman–Crippen MR) is 75.1 cm³/mol. The van der Waals surface area contributed by atoms with Crippen LogP contribution < -0.4 is 5.32 Å². The van der Waals surface area contributed by atoms with E-state index < -0.39 is 0 Å². The van der Waals surface area contributed by atoms with E-state index in [9.17, 15) is 0 Å². The molecule has 0 atom stereocenters. The third-order valence-corrected chi connectivity index (χ3v) is 4.28. The van der Waals surface area contributed by atoms with Crippen LogP contribution in [0, 0.1) is 0 Å². The molecule has 0 unspecified atom stereocenters. The van der Waals surface area contributed by atoms with Gasteiger partial charge < -0.3 is 9.88 Å². The lowest BCUT2D eigenvalue weighted by molar-refractivity contribution is 0.336. The van der Waals surface area contributed by atoms with Crippen LogP contribution in [-0.2, 0) is 13.6 Å². The summed E-state index contributed by atoms with van der Waals surface area (Å²) in [7, 11) is 2.15. The Balaban J connectivity index is 1.85. The molecule has 2 aromatic rings. The summed E-state index contributed by atoms with van der Waals surface area (Å²) in [5.41, 5.74) is 2.66. The van der Waals surface area contributed by atoms with Crippen molar-refractivity contribution >= 4 is 26.8 Å². The van der Waals surface area contributed by atoms with Crippen molar-refractivity contribution in [3.8, 4) is 0 Å². The van der Waals surface area contributed by atoms with Crippen LogP contribution >= 0.6 is 15.9 Å². The maximum absolute atomic E-state index is 3.62. The fourth-order valence-corrected chi connectivity index (χ4v) is 2.74. The lowest BCUT2D eigenvalue weighted by atomic mass is 9.93. The van der Waals surface area contributed by atoms with Gasteiger partial charge >= 0.3 is 0 Å². The van der Waals surface area contributed by atoms with Crippen molar-refractivity contribution in [1.29, 1.82) is 0 Å². The molecule has 17 heavy (non-hydrogen) atoms. The van der Waals surface area contributed by atoms with Crippen LogP contribution in [0.1, 0.15) is 25.0 Å². The number of aromatic nitrogens is 1. The van der Waals surface area contributed by atoms with Crippen molar-refractivity contribution < 1.29 is 0 Å². The topological polar surface area (TPSA) is 17.0 Å². The highest BCUT2D eigenvalue weighted by Gasteiger charge is 2.17. The van der Waals surface area contributed by atoms with Crippen LogP contribution in [0.5, 0.6) is 0 Å². The van der Waals surface area contributed by atoms with Crippen LogP contribution in [-0.4, -0.2) is 10.6 Å². The molecule has 1 aromatic carbocycles. The average Bonchev–Trinajstić information content (AvgIpc) is 2.55. The molecule has 1 N–H and O–H groups in total. The smallest absolute Gasteiger partial charge is 0.0491 e. The number of rotatable bonds is 3. The summed E-state index contributed by atoms with van der Waals surface area (Å²) in [5, 5.41) is 4.94. The van der Waals surface area contributed by atoms with Crippen LogP contribution in [0.25, 0.3) is 10.9 Å². The molecular weight excluding hydrogens is 276 g/mol. The standard InChI is InChI=1S/C14H17BrN2/c1-17-13(9-16-12-3-2-4-12)7-10-5-6-11(15)8-14(10)17/h5-8,12,16H,2-4,9H2,1H3. The zero-order chi connectivity index (χ0) is 11.8. The number of hydrogen-bond acceptors (Lipinski definition) is 1. The summed E-state index contributed by atoms with van der Waals surface area (Å²) in [5.74, 6) is 0. The monoisotopic (exact) mass is 292 g/mol. The summed E-state index contributed by atoms with van der Waals surface area (Å²) in [6.45, 7) is 0.980. The molecule has 3 rings (SSSR count). The van der Waals surface area contributed by atoms with Crippen molar-refractivity contribution in [3.05, 3.63) is 34.4 Å². The Morgan fingerprint density at radius 2 is 2.18 bits per heavy atom. The molecule has 1 heterocycles. The molecule has 1 aliphatic carbocycles. The van der Waals surface area contributed by atoms with E-state index in [2.05, 4.69) is 57.1 Å². The zero-order valence-electron chi connectivity index (χ0n) is 10.0. The van der Waals surface area contributed by atoms with E-state index in [1.165, 1.54) is 35.9 Å². The number of nitrogens with one attached hydrogen (secondary N) is 1. The number of halogens is 1. The lowest BCUT2D eigenvalue weighted by Gasteiger charge is -2.26. The summed E-state index contributed by atoms with van der Waals surface area (Å²) in [4.78, 5) is 0. The van der Waals surface area contributed by atoms with Gasteiger partial charge in [-0.1, -0.05) is 28.4 Å². The first kappa shape index (κ1) is 11.3. The first-order valence-corrected chi connectivity index (χ1v) is 7.00. The normalized spacial score (nSPS) is 16.4. The van der Waals surface area contributed by atoms with Crippen molar-refractivity contribution in [2.45, 2.75) is 31.8 Å². The van der Waals surface area contributed by atoms with Gasteiger partial charge in [0, 0.05) is 35.3 Å². The summed E-state index contributed by atoms with van der Waals surface area (Å²) < 4.78 is 3.43. The molecule has 1 aromatic heterocycles. The van der Waals surface area contributed by atoms with Gasteiger partial charge in [0.25, 0.3) is 0 Å². The molecule has 1 aliphatic rings. The average molecular weight is 293 g/mol. The van der Waals surface area contributed by atoms with Gasteiger partial charge in [0.2, 0.25) is 0 Å². The molecule has 0 amide bonds. The van der Waals surface area contributed by atoms with E-state index in [1.54, 1.807) is 0 Å². The van der Waals surface area contributed by atoms with Gasteiger partial charge in [-0.25, -0.2) is 0 Å². The van der Waals surface area contributed by atoms with Crippen molar-refractivity contribution in [3.63, 3.8) is 0 Å². The molecule has 0 aliphatic heterocycles. The predicted octanol–water partition coefficient (Wildman–Crippen LogP) is 3.58. The molecular formula is C14H17BrN2. The van der Waals surface area contributed by atoms with E-state index in [0.29, 0.717) is 0 Å². The van der Waals surface area contributed by atoms with Gasteiger partial charge in [-0.05, 0) is 36.4 Å². The summed E-state index contributed by atoms with van der Waals surface area (Å²) >= 11 is 3.53. The minimum Gasteiger partial charge on any atom is -0.346 e. The highest BCUT2D eigenvalue weighted by molar-refractivity contribution is 9.10. The number of fused-ring (bicyclic) bond motifs is 1. The molecule has 3 heteroatoms. The molecule has 0 saturated heterocycles. The molecule has 0 radical (unpaired) electrons. The van der Waals surface area contributed by atoms with E-state index in [1.807, 2.05) is 0 Å². The fraction of sp³-hybridized carbons (Fsp3) is 0.429. The van der Waals surface area contributed by atoms with Crippen molar-refractivity contribution in [1.82, 2.24) is 9.88 Å². The van der Waals surface area contributed by atoms with E-state index >= 15 is 0 Å². The SMILES string of the molecule is Cn1c(CNC2CCC2)cc2ccc(Br)cc21. The quantitative estimate of drug-likeness (QED) is 0.915. The van der Waals surface area contributed by atoms with Gasteiger partial charge in [0.05, 0.1) is 0 Å². The van der Waals surface area contributed by atoms with Crippen molar-refractivity contribution in [2.24, 2.45) is 7.05 Å². The lowest BCUT2D eigenvalue weighted by Crippen LogP contribution is -2.34. The fourth-order valence-electron chi connectivity index (χ4n) is 2.39. The largest absolute Gasteiger partial charge is 0.346 e. The van der Waals surface area contributed by atoms with E-state index in [0.717, 1.165) is 17.1 Å². The van der Waals surface area contributed by atoms with Crippen LogP contribution in [0.3, 0.4) is 0 Å². The number of benzene rings is 1. The highest BCUT2D eigenvalue weighted by atomic mass is 79.9. The Kier molecular flexibility index (Phi) is 2.97. The maximum Gasteiger partial charge on any atom is 0.0491 e. The molecule has 1 saturated carbocycles. The van der Waals surface area contributed by atoms with Gasteiger partial charge in [-0.3, -0.25) is 0 Å². The minimum absolute atomic E-state index is 0.750. The second kappa shape index (κ2) is 4.46. The first-order valence-electron chi connectivity index (χ1n) is 6.21. The Morgan fingerprint density at radius 3 is 2.88 bits per heavy atom. The second-order valence-corrected chi connectivity index (χ2v) is 5.82. The number of aryl methyl sites for hydroxylation is 1.